The lowest BCUT2D eigenvalue weighted by atomic mass is 9.92. The highest BCUT2D eigenvalue weighted by Crippen LogP contribution is 2.19. The minimum Gasteiger partial charge on any atom is -0.0917 e. The maximum atomic E-state index is 2.39. The predicted octanol–water partition coefficient (Wildman–Crippen LogP) is 4.81. The van der Waals surface area contributed by atoms with Crippen LogP contribution >= 0.6 is 0 Å². The highest BCUT2D eigenvalue weighted by atomic mass is 14.1. The highest BCUT2D eigenvalue weighted by Gasteiger charge is 2.05. The fraction of sp³-hybridized carbons (Fsp3) is 0.846. The van der Waals surface area contributed by atoms with Gasteiger partial charge in [-0.25, -0.2) is 0 Å². The second-order valence-corrected chi connectivity index (χ2v) is 4.35. The molecular weight excluding hydrogens is 156 g/mol. The summed E-state index contributed by atoms with van der Waals surface area (Å²) in [5, 5.41) is 0. The number of hydrogen-bond acceptors (Lipinski definition) is 0. The van der Waals surface area contributed by atoms with Crippen LogP contribution in [0.1, 0.15) is 59.8 Å². The molecule has 0 nitrogen and oxygen atoms in total. The van der Waals surface area contributed by atoms with Gasteiger partial charge in [-0.05, 0) is 38.0 Å². The van der Waals surface area contributed by atoms with Gasteiger partial charge in [0.2, 0.25) is 0 Å². The maximum Gasteiger partial charge on any atom is -0.0351 e. The first-order chi connectivity index (χ1) is 6.20. The zero-order valence-electron chi connectivity index (χ0n) is 9.84. The molecule has 0 aliphatic rings. The van der Waals surface area contributed by atoms with Crippen molar-refractivity contribution in [3.63, 3.8) is 0 Å². The average molecular weight is 182 g/mol. The van der Waals surface area contributed by atoms with E-state index in [1.54, 1.807) is 0 Å². The Balaban J connectivity index is 3.34. The number of unbranched alkanes of at least 4 members (excludes halogenated alkanes) is 1. The molecule has 0 aliphatic heterocycles. The molecule has 0 N–H and O–H groups in total. The Morgan fingerprint density at radius 2 is 1.85 bits per heavy atom. The molecule has 0 spiro atoms. The fourth-order valence-electron chi connectivity index (χ4n) is 1.72. The van der Waals surface area contributed by atoms with Crippen LogP contribution in [0.25, 0.3) is 0 Å². The molecule has 0 radical (unpaired) electrons. The van der Waals surface area contributed by atoms with E-state index in [1.165, 1.54) is 32.1 Å². The first kappa shape index (κ1) is 12.7. The van der Waals surface area contributed by atoms with Gasteiger partial charge in [-0.3, -0.25) is 0 Å². The first-order valence-corrected chi connectivity index (χ1v) is 5.81. The second kappa shape index (κ2) is 8.34. The molecule has 0 aliphatic carbocycles. The van der Waals surface area contributed by atoms with Gasteiger partial charge in [0.15, 0.2) is 0 Å². The van der Waals surface area contributed by atoms with Gasteiger partial charge >= 0.3 is 0 Å². The quantitative estimate of drug-likeness (QED) is 0.392. The summed E-state index contributed by atoms with van der Waals surface area (Å²) in [6, 6.07) is 0. The molecule has 0 amide bonds. The Labute approximate surface area is 84.4 Å². The Morgan fingerprint density at radius 3 is 2.38 bits per heavy atom. The number of hydrogen-bond donors (Lipinski definition) is 0. The Bertz CT molecular complexity index is 124. The lowest BCUT2D eigenvalue weighted by Crippen LogP contribution is -2.01. The van der Waals surface area contributed by atoms with Crippen LogP contribution in [0, 0.1) is 11.8 Å². The third kappa shape index (κ3) is 8.08. The number of allylic oxidation sites excluding steroid dienone is 2. The summed E-state index contributed by atoms with van der Waals surface area (Å²) in [5.41, 5.74) is 0. The van der Waals surface area contributed by atoms with Crippen molar-refractivity contribution in [1.29, 1.82) is 0 Å². The van der Waals surface area contributed by atoms with E-state index in [9.17, 15) is 0 Å². The summed E-state index contributed by atoms with van der Waals surface area (Å²) in [4.78, 5) is 0. The van der Waals surface area contributed by atoms with E-state index in [-0.39, 0.29) is 0 Å². The van der Waals surface area contributed by atoms with Crippen molar-refractivity contribution in [2.75, 3.05) is 0 Å². The SMILES string of the molecule is CC=CCCCC(C)CC(C)CC. The minimum atomic E-state index is 0.914. The Morgan fingerprint density at radius 1 is 1.15 bits per heavy atom. The van der Waals surface area contributed by atoms with Crippen molar-refractivity contribution in [1.82, 2.24) is 0 Å². The van der Waals surface area contributed by atoms with Crippen LogP contribution in [-0.2, 0) is 0 Å². The molecule has 2 unspecified atom stereocenters. The summed E-state index contributed by atoms with van der Waals surface area (Å²) >= 11 is 0. The monoisotopic (exact) mass is 182 g/mol. The summed E-state index contributed by atoms with van der Waals surface area (Å²) in [6.45, 7) is 9.14. The Hall–Kier alpha value is -0.260. The van der Waals surface area contributed by atoms with E-state index in [2.05, 4.69) is 39.8 Å². The third-order valence-electron chi connectivity index (χ3n) is 2.81. The van der Waals surface area contributed by atoms with Crippen LogP contribution < -0.4 is 0 Å². The molecule has 2 atom stereocenters. The van der Waals surface area contributed by atoms with Crippen molar-refractivity contribution in [3.05, 3.63) is 12.2 Å². The molecule has 78 valence electrons. The smallest absolute Gasteiger partial charge is 0.0351 e. The zero-order chi connectivity index (χ0) is 10.1. The van der Waals surface area contributed by atoms with Crippen LogP contribution in [0.2, 0.25) is 0 Å². The molecule has 13 heavy (non-hydrogen) atoms. The third-order valence-corrected chi connectivity index (χ3v) is 2.81. The van der Waals surface area contributed by atoms with E-state index in [1.807, 2.05) is 0 Å². The summed E-state index contributed by atoms with van der Waals surface area (Å²) in [7, 11) is 0. The Kier molecular flexibility index (Phi) is 8.18. The van der Waals surface area contributed by atoms with E-state index >= 15 is 0 Å². The van der Waals surface area contributed by atoms with Gasteiger partial charge < -0.3 is 0 Å². The topological polar surface area (TPSA) is 0 Å². The lowest BCUT2D eigenvalue weighted by molar-refractivity contribution is 0.381. The van der Waals surface area contributed by atoms with Crippen molar-refractivity contribution in [2.24, 2.45) is 11.8 Å². The van der Waals surface area contributed by atoms with Crippen molar-refractivity contribution in [3.8, 4) is 0 Å². The molecule has 0 heteroatoms. The molecule has 0 bridgehead atoms. The average Bonchev–Trinajstić information content (AvgIpc) is 2.12. The van der Waals surface area contributed by atoms with Gasteiger partial charge in [0.1, 0.15) is 0 Å². The standard InChI is InChI=1S/C13H26/c1-5-7-8-9-10-13(4)11-12(3)6-2/h5,7,12-13H,6,8-11H2,1-4H3. The van der Waals surface area contributed by atoms with Crippen molar-refractivity contribution < 1.29 is 0 Å². The molecule has 0 saturated heterocycles. The van der Waals surface area contributed by atoms with Crippen molar-refractivity contribution in [2.45, 2.75) is 59.8 Å². The van der Waals surface area contributed by atoms with Crippen LogP contribution in [-0.4, -0.2) is 0 Å². The van der Waals surface area contributed by atoms with Crippen LogP contribution in [0.15, 0.2) is 12.2 Å². The van der Waals surface area contributed by atoms with Gasteiger partial charge in [0.05, 0.1) is 0 Å². The molecule has 0 fully saturated rings. The first-order valence-electron chi connectivity index (χ1n) is 5.81. The maximum absolute atomic E-state index is 2.39. The van der Waals surface area contributed by atoms with Gasteiger partial charge in [-0.15, -0.1) is 0 Å². The molecular formula is C13H26. The number of rotatable bonds is 7. The largest absolute Gasteiger partial charge is 0.0917 e. The molecule has 0 aromatic carbocycles. The second-order valence-electron chi connectivity index (χ2n) is 4.35. The summed E-state index contributed by atoms with van der Waals surface area (Å²) in [5.74, 6) is 1.83. The van der Waals surface area contributed by atoms with Gasteiger partial charge in [-0.1, -0.05) is 45.8 Å². The molecule has 0 aromatic heterocycles. The van der Waals surface area contributed by atoms with E-state index in [4.69, 9.17) is 0 Å². The summed E-state index contributed by atoms with van der Waals surface area (Å²) < 4.78 is 0. The normalized spacial score (nSPS) is 16.3. The summed E-state index contributed by atoms with van der Waals surface area (Å²) in [6.07, 6.45) is 11.2. The van der Waals surface area contributed by atoms with E-state index in [0.29, 0.717) is 0 Å². The zero-order valence-corrected chi connectivity index (χ0v) is 9.84. The highest BCUT2D eigenvalue weighted by molar-refractivity contribution is 4.76. The van der Waals surface area contributed by atoms with Gasteiger partial charge in [-0.2, -0.15) is 0 Å². The van der Waals surface area contributed by atoms with Gasteiger partial charge in [0.25, 0.3) is 0 Å². The minimum absolute atomic E-state index is 0.914. The van der Waals surface area contributed by atoms with Crippen LogP contribution in [0.3, 0.4) is 0 Å². The fourth-order valence-corrected chi connectivity index (χ4v) is 1.72. The van der Waals surface area contributed by atoms with Crippen LogP contribution in [0.5, 0.6) is 0 Å². The molecule has 0 aromatic rings. The van der Waals surface area contributed by atoms with Gasteiger partial charge in [0, 0.05) is 0 Å². The van der Waals surface area contributed by atoms with E-state index in [0.717, 1.165) is 11.8 Å². The molecule has 0 rings (SSSR count). The van der Waals surface area contributed by atoms with E-state index < -0.39 is 0 Å². The predicted molar refractivity (Wildman–Crippen MR) is 61.9 cm³/mol. The lowest BCUT2D eigenvalue weighted by Gasteiger charge is -2.14. The molecule has 0 heterocycles. The van der Waals surface area contributed by atoms with Crippen LogP contribution in [0.4, 0.5) is 0 Å². The van der Waals surface area contributed by atoms with Crippen molar-refractivity contribution >= 4 is 0 Å². The molecule has 0 saturated carbocycles.